The third kappa shape index (κ3) is 5.43. The number of benzene rings is 3. The molecular formula is C29H30N4O. The number of fused-ring (bicyclic) bond motifs is 1. The lowest BCUT2D eigenvalue weighted by molar-refractivity contribution is -0.115. The smallest absolute Gasteiger partial charge is 0.228 e. The summed E-state index contributed by atoms with van der Waals surface area (Å²) < 4.78 is 0. The summed E-state index contributed by atoms with van der Waals surface area (Å²) in [6.45, 7) is 5.00. The zero-order valence-corrected chi connectivity index (χ0v) is 19.4. The zero-order chi connectivity index (χ0) is 23.2. The first-order valence-corrected chi connectivity index (χ1v) is 12.0. The van der Waals surface area contributed by atoms with Crippen LogP contribution >= 0.6 is 0 Å². The quantitative estimate of drug-likeness (QED) is 0.440. The Kier molecular flexibility index (Phi) is 6.82. The van der Waals surface area contributed by atoms with Gasteiger partial charge in [-0.2, -0.15) is 0 Å². The molecule has 5 heteroatoms. The predicted molar refractivity (Wildman–Crippen MR) is 139 cm³/mol. The molecule has 0 aliphatic carbocycles. The van der Waals surface area contributed by atoms with Crippen LogP contribution in [0, 0.1) is 0 Å². The van der Waals surface area contributed by atoms with E-state index in [9.17, 15) is 4.79 Å². The SMILES string of the molecule is O=C(Cc1ccc2ccccc2c1)Nc1ccccc1N1CCN(CCc2ccncc2)CC1. The number of amides is 1. The Morgan fingerprint density at radius 1 is 0.794 bits per heavy atom. The lowest BCUT2D eigenvalue weighted by Crippen LogP contribution is -2.47. The fourth-order valence-corrected chi connectivity index (χ4v) is 4.63. The number of piperazine rings is 1. The first-order chi connectivity index (χ1) is 16.7. The number of carbonyl (C=O) groups is 1. The molecule has 0 atom stereocenters. The van der Waals surface area contributed by atoms with E-state index in [0.29, 0.717) is 6.42 Å². The molecule has 4 aromatic rings. The van der Waals surface area contributed by atoms with Gasteiger partial charge < -0.3 is 10.2 Å². The average Bonchev–Trinajstić information content (AvgIpc) is 2.89. The summed E-state index contributed by atoms with van der Waals surface area (Å²) in [7, 11) is 0. The van der Waals surface area contributed by atoms with E-state index < -0.39 is 0 Å². The molecule has 1 amide bonds. The minimum Gasteiger partial charge on any atom is -0.367 e. The summed E-state index contributed by atoms with van der Waals surface area (Å²) in [5, 5.41) is 5.52. The van der Waals surface area contributed by atoms with Crippen LogP contribution < -0.4 is 10.2 Å². The highest BCUT2D eigenvalue weighted by molar-refractivity contribution is 5.96. The van der Waals surface area contributed by atoms with Crippen LogP contribution in [0.4, 0.5) is 11.4 Å². The van der Waals surface area contributed by atoms with Crippen molar-refractivity contribution in [1.82, 2.24) is 9.88 Å². The molecule has 0 radical (unpaired) electrons. The number of rotatable bonds is 7. The topological polar surface area (TPSA) is 48.5 Å². The molecule has 1 N–H and O–H groups in total. The molecule has 1 aliphatic heterocycles. The van der Waals surface area contributed by atoms with Crippen molar-refractivity contribution in [2.45, 2.75) is 12.8 Å². The number of hydrogen-bond acceptors (Lipinski definition) is 4. The summed E-state index contributed by atoms with van der Waals surface area (Å²) >= 11 is 0. The highest BCUT2D eigenvalue weighted by Gasteiger charge is 2.19. The van der Waals surface area contributed by atoms with E-state index in [0.717, 1.165) is 61.5 Å². The first-order valence-electron chi connectivity index (χ1n) is 12.0. The molecule has 0 bridgehead atoms. The maximum atomic E-state index is 12.9. The second-order valence-corrected chi connectivity index (χ2v) is 8.86. The van der Waals surface area contributed by atoms with E-state index in [2.05, 4.69) is 62.6 Å². The zero-order valence-electron chi connectivity index (χ0n) is 19.4. The van der Waals surface area contributed by atoms with Crippen LogP contribution in [-0.2, 0) is 17.6 Å². The van der Waals surface area contributed by atoms with Gasteiger partial charge in [-0.05, 0) is 52.6 Å². The number of hydrogen-bond donors (Lipinski definition) is 1. The molecule has 0 unspecified atom stereocenters. The third-order valence-corrected chi connectivity index (χ3v) is 6.54. The van der Waals surface area contributed by atoms with Crippen molar-refractivity contribution in [2.24, 2.45) is 0 Å². The van der Waals surface area contributed by atoms with Gasteiger partial charge in [0.1, 0.15) is 0 Å². The molecule has 2 heterocycles. The standard InChI is InChI=1S/C29H30N4O/c34-29(22-24-9-10-25-5-1-2-6-26(25)21-24)31-27-7-3-4-8-28(27)33-19-17-32(18-20-33)16-13-23-11-14-30-15-12-23/h1-12,14-15,21H,13,16-20,22H2,(H,31,34). The van der Waals surface area contributed by atoms with Gasteiger partial charge in [0, 0.05) is 45.1 Å². The van der Waals surface area contributed by atoms with Crippen LogP contribution in [-0.4, -0.2) is 48.5 Å². The maximum Gasteiger partial charge on any atom is 0.228 e. The van der Waals surface area contributed by atoms with Crippen molar-refractivity contribution in [2.75, 3.05) is 42.9 Å². The molecule has 0 saturated carbocycles. The Bertz CT molecular complexity index is 1250. The number of nitrogens with one attached hydrogen (secondary N) is 1. The molecule has 3 aromatic carbocycles. The normalized spacial score (nSPS) is 14.3. The Morgan fingerprint density at radius 3 is 2.35 bits per heavy atom. The minimum absolute atomic E-state index is 0.0127. The second-order valence-electron chi connectivity index (χ2n) is 8.86. The summed E-state index contributed by atoms with van der Waals surface area (Å²) in [5.41, 5.74) is 4.34. The van der Waals surface area contributed by atoms with E-state index in [4.69, 9.17) is 0 Å². The van der Waals surface area contributed by atoms with Gasteiger partial charge in [-0.3, -0.25) is 14.7 Å². The molecule has 1 saturated heterocycles. The largest absolute Gasteiger partial charge is 0.367 e. The number of para-hydroxylation sites is 2. The molecule has 1 aliphatic rings. The molecule has 5 rings (SSSR count). The van der Waals surface area contributed by atoms with Crippen molar-refractivity contribution in [3.8, 4) is 0 Å². The number of aromatic nitrogens is 1. The van der Waals surface area contributed by atoms with Crippen LogP contribution in [0.3, 0.4) is 0 Å². The molecule has 1 fully saturated rings. The van der Waals surface area contributed by atoms with Gasteiger partial charge in [-0.15, -0.1) is 0 Å². The van der Waals surface area contributed by atoms with Crippen LogP contribution in [0.5, 0.6) is 0 Å². The van der Waals surface area contributed by atoms with Crippen molar-refractivity contribution in [3.05, 3.63) is 102 Å². The first kappa shape index (κ1) is 22.1. The molecular weight excluding hydrogens is 420 g/mol. The molecule has 34 heavy (non-hydrogen) atoms. The van der Waals surface area contributed by atoms with E-state index in [1.54, 1.807) is 0 Å². The van der Waals surface area contributed by atoms with Crippen LogP contribution in [0.25, 0.3) is 10.8 Å². The summed E-state index contributed by atoms with van der Waals surface area (Å²) in [4.78, 5) is 21.9. The average molecular weight is 451 g/mol. The Labute approximate surface area is 201 Å². The van der Waals surface area contributed by atoms with Crippen molar-refractivity contribution < 1.29 is 4.79 Å². The number of carbonyl (C=O) groups excluding carboxylic acids is 1. The number of anilines is 2. The Hall–Kier alpha value is -3.70. The van der Waals surface area contributed by atoms with E-state index in [1.165, 1.54) is 10.9 Å². The Morgan fingerprint density at radius 2 is 1.53 bits per heavy atom. The highest BCUT2D eigenvalue weighted by Crippen LogP contribution is 2.27. The fourth-order valence-electron chi connectivity index (χ4n) is 4.63. The van der Waals surface area contributed by atoms with E-state index in [1.807, 2.05) is 48.8 Å². The lowest BCUT2D eigenvalue weighted by atomic mass is 10.0. The second kappa shape index (κ2) is 10.5. The number of pyridine rings is 1. The lowest BCUT2D eigenvalue weighted by Gasteiger charge is -2.37. The van der Waals surface area contributed by atoms with Gasteiger partial charge in [-0.25, -0.2) is 0 Å². The maximum absolute atomic E-state index is 12.9. The van der Waals surface area contributed by atoms with Crippen molar-refractivity contribution in [1.29, 1.82) is 0 Å². The van der Waals surface area contributed by atoms with E-state index in [-0.39, 0.29) is 5.91 Å². The van der Waals surface area contributed by atoms with Crippen LogP contribution in [0.15, 0.2) is 91.3 Å². The molecule has 172 valence electrons. The summed E-state index contributed by atoms with van der Waals surface area (Å²) in [6, 6.07) is 26.8. The Balaban J connectivity index is 1.18. The van der Waals surface area contributed by atoms with Gasteiger partial charge in [0.2, 0.25) is 5.91 Å². The third-order valence-electron chi connectivity index (χ3n) is 6.54. The highest BCUT2D eigenvalue weighted by atomic mass is 16.1. The van der Waals surface area contributed by atoms with Crippen molar-refractivity contribution >= 4 is 28.1 Å². The predicted octanol–water partition coefficient (Wildman–Crippen LogP) is 4.78. The number of nitrogens with zero attached hydrogens (tertiary/aromatic N) is 3. The van der Waals surface area contributed by atoms with Gasteiger partial charge in [0.15, 0.2) is 0 Å². The van der Waals surface area contributed by atoms with Gasteiger partial charge in [0.05, 0.1) is 17.8 Å². The molecule has 1 aromatic heterocycles. The van der Waals surface area contributed by atoms with Crippen molar-refractivity contribution in [3.63, 3.8) is 0 Å². The summed E-state index contributed by atoms with van der Waals surface area (Å²) in [6.07, 6.45) is 5.13. The minimum atomic E-state index is 0.0127. The fraction of sp³-hybridized carbons (Fsp3) is 0.241. The van der Waals surface area contributed by atoms with Gasteiger partial charge in [0.25, 0.3) is 0 Å². The molecule has 0 spiro atoms. The molecule has 5 nitrogen and oxygen atoms in total. The van der Waals surface area contributed by atoms with E-state index >= 15 is 0 Å². The monoisotopic (exact) mass is 450 g/mol. The van der Waals surface area contributed by atoms with Crippen LogP contribution in [0.2, 0.25) is 0 Å². The van der Waals surface area contributed by atoms with Gasteiger partial charge >= 0.3 is 0 Å². The van der Waals surface area contributed by atoms with Gasteiger partial charge in [-0.1, -0.05) is 54.6 Å². The summed E-state index contributed by atoms with van der Waals surface area (Å²) in [5.74, 6) is 0.0127. The van der Waals surface area contributed by atoms with Crippen LogP contribution in [0.1, 0.15) is 11.1 Å².